The highest BCUT2D eigenvalue weighted by Crippen LogP contribution is 2.25. The Morgan fingerprint density at radius 2 is 2.25 bits per heavy atom. The summed E-state index contributed by atoms with van der Waals surface area (Å²) in [4.78, 5) is 12.0. The van der Waals surface area contributed by atoms with Gasteiger partial charge in [-0.05, 0) is 19.1 Å². The quantitative estimate of drug-likeness (QED) is 0.829. The highest BCUT2D eigenvalue weighted by molar-refractivity contribution is 9.10. The van der Waals surface area contributed by atoms with Gasteiger partial charge in [-0.25, -0.2) is 0 Å². The molecule has 1 aromatic rings. The molecule has 1 aromatic carbocycles. The Morgan fingerprint density at radius 1 is 1.50 bits per heavy atom. The minimum absolute atomic E-state index is 0.0527. The van der Waals surface area contributed by atoms with Gasteiger partial charge in [0.2, 0.25) is 5.91 Å². The Balaban J connectivity index is 1.95. The predicted octanol–water partition coefficient (Wildman–Crippen LogP) is 1.91. The summed E-state index contributed by atoms with van der Waals surface area (Å²) < 4.78 is 11.7. The SMILES string of the molecule is COCc1c(Br)cccc1NC(=O)COC1(C)CNC1. The maximum absolute atomic E-state index is 12.0. The molecule has 1 amide bonds. The normalized spacial score (nSPS) is 16.6. The largest absolute Gasteiger partial charge is 0.380 e. The molecule has 1 fully saturated rings. The molecule has 2 N–H and O–H groups in total. The molecule has 0 aromatic heterocycles. The smallest absolute Gasteiger partial charge is 0.250 e. The summed E-state index contributed by atoms with van der Waals surface area (Å²) in [5, 5.41) is 5.99. The van der Waals surface area contributed by atoms with Crippen LogP contribution in [0.4, 0.5) is 5.69 Å². The molecular formula is C14H19BrN2O3. The Labute approximate surface area is 127 Å². The van der Waals surface area contributed by atoms with Crippen molar-refractivity contribution in [1.29, 1.82) is 0 Å². The van der Waals surface area contributed by atoms with E-state index in [0.717, 1.165) is 28.8 Å². The van der Waals surface area contributed by atoms with Crippen LogP contribution in [0.5, 0.6) is 0 Å². The van der Waals surface area contributed by atoms with Crippen molar-refractivity contribution in [2.75, 3.05) is 32.1 Å². The highest BCUT2D eigenvalue weighted by atomic mass is 79.9. The molecular weight excluding hydrogens is 324 g/mol. The zero-order valence-corrected chi connectivity index (χ0v) is 13.2. The molecule has 0 aliphatic carbocycles. The van der Waals surface area contributed by atoms with Gasteiger partial charge in [0.15, 0.2) is 0 Å². The van der Waals surface area contributed by atoms with Gasteiger partial charge in [-0.1, -0.05) is 22.0 Å². The van der Waals surface area contributed by atoms with E-state index in [1.54, 1.807) is 7.11 Å². The van der Waals surface area contributed by atoms with Crippen LogP contribution in [0.2, 0.25) is 0 Å². The van der Waals surface area contributed by atoms with Gasteiger partial charge >= 0.3 is 0 Å². The number of amides is 1. The number of benzene rings is 1. The van der Waals surface area contributed by atoms with E-state index >= 15 is 0 Å². The van der Waals surface area contributed by atoms with Crippen molar-refractivity contribution in [3.63, 3.8) is 0 Å². The second-order valence-corrected chi connectivity index (χ2v) is 5.94. The second kappa shape index (κ2) is 6.67. The van der Waals surface area contributed by atoms with Gasteiger partial charge in [0.1, 0.15) is 6.61 Å². The van der Waals surface area contributed by atoms with Crippen LogP contribution < -0.4 is 10.6 Å². The average Bonchev–Trinajstić information content (AvgIpc) is 2.38. The van der Waals surface area contributed by atoms with E-state index in [-0.39, 0.29) is 18.1 Å². The summed E-state index contributed by atoms with van der Waals surface area (Å²) in [5.41, 5.74) is 1.44. The summed E-state index contributed by atoms with van der Waals surface area (Å²) >= 11 is 3.46. The van der Waals surface area contributed by atoms with E-state index in [2.05, 4.69) is 26.6 Å². The number of halogens is 1. The molecule has 2 rings (SSSR count). The monoisotopic (exact) mass is 342 g/mol. The standard InChI is InChI=1S/C14H19BrN2O3/c1-14(8-16-9-14)20-7-13(18)17-12-5-3-4-11(15)10(12)6-19-2/h3-5,16H,6-9H2,1-2H3,(H,17,18). The molecule has 0 atom stereocenters. The zero-order valence-electron chi connectivity index (χ0n) is 11.7. The third kappa shape index (κ3) is 3.79. The van der Waals surface area contributed by atoms with Gasteiger partial charge in [-0.15, -0.1) is 0 Å². The maximum atomic E-state index is 12.0. The van der Waals surface area contributed by atoms with E-state index in [1.165, 1.54) is 0 Å². The predicted molar refractivity (Wildman–Crippen MR) is 80.7 cm³/mol. The lowest BCUT2D eigenvalue weighted by Crippen LogP contribution is -2.59. The molecule has 1 saturated heterocycles. The summed E-state index contributed by atoms with van der Waals surface area (Å²) in [6.45, 7) is 4.04. The third-order valence-corrected chi connectivity index (χ3v) is 3.97. The average molecular weight is 343 g/mol. The topological polar surface area (TPSA) is 59.6 Å². The van der Waals surface area contributed by atoms with Crippen molar-refractivity contribution in [3.8, 4) is 0 Å². The summed E-state index contributed by atoms with van der Waals surface area (Å²) in [6.07, 6.45) is 0. The molecule has 0 spiro atoms. The molecule has 110 valence electrons. The molecule has 0 bridgehead atoms. The molecule has 6 heteroatoms. The number of methoxy groups -OCH3 is 1. The number of hydrogen-bond acceptors (Lipinski definition) is 4. The van der Waals surface area contributed by atoms with Crippen molar-refractivity contribution in [1.82, 2.24) is 5.32 Å². The molecule has 0 unspecified atom stereocenters. The van der Waals surface area contributed by atoms with E-state index < -0.39 is 0 Å². The number of nitrogens with one attached hydrogen (secondary N) is 2. The van der Waals surface area contributed by atoms with Crippen LogP contribution in [-0.4, -0.2) is 38.3 Å². The molecule has 5 nitrogen and oxygen atoms in total. The van der Waals surface area contributed by atoms with E-state index in [0.29, 0.717) is 6.61 Å². The number of anilines is 1. The van der Waals surface area contributed by atoms with Gasteiger partial charge in [0, 0.05) is 35.9 Å². The van der Waals surface area contributed by atoms with E-state index in [1.807, 2.05) is 25.1 Å². The van der Waals surface area contributed by atoms with Gasteiger partial charge in [0.05, 0.1) is 12.2 Å². The van der Waals surface area contributed by atoms with Crippen molar-refractivity contribution < 1.29 is 14.3 Å². The Bertz CT molecular complexity index is 489. The Hall–Kier alpha value is -0.950. The lowest BCUT2D eigenvalue weighted by Gasteiger charge is -2.38. The maximum Gasteiger partial charge on any atom is 0.250 e. The molecule has 1 aliphatic rings. The number of carbonyl (C=O) groups is 1. The summed E-state index contributed by atoms with van der Waals surface area (Å²) in [5.74, 6) is -0.159. The van der Waals surface area contributed by atoms with E-state index in [4.69, 9.17) is 9.47 Å². The van der Waals surface area contributed by atoms with Gasteiger partial charge < -0.3 is 20.1 Å². The van der Waals surface area contributed by atoms with E-state index in [9.17, 15) is 4.79 Å². The zero-order chi connectivity index (χ0) is 14.6. The van der Waals surface area contributed by atoms with Crippen LogP contribution in [0.25, 0.3) is 0 Å². The first-order chi connectivity index (χ1) is 9.54. The van der Waals surface area contributed by atoms with Crippen LogP contribution in [0.15, 0.2) is 22.7 Å². The second-order valence-electron chi connectivity index (χ2n) is 5.09. The van der Waals surface area contributed by atoms with Crippen LogP contribution in [0, 0.1) is 0 Å². The molecule has 20 heavy (non-hydrogen) atoms. The molecule has 0 radical (unpaired) electrons. The van der Waals surface area contributed by atoms with Crippen molar-refractivity contribution in [2.24, 2.45) is 0 Å². The Kier molecular flexibility index (Phi) is 5.15. The highest BCUT2D eigenvalue weighted by Gasteiger charge is 2.33. The van der Waals surface area contributed by atoms with Crippen molar-refractivity contribution in [2.45, 2.75) is 19.1 Å². The number of rotatable bonds is 6. The van der Waals surface area contributed by atoms with Gasteiger partial charge in [-0.2, -0.15) is 0 Å². The fourth-order valence-electron chi connectivity index (χ4n) is 1.97. The molecule has 1 aliphatic heterocycles. The minimum atomic E-state index is -0.218. The first-order valence-corrected chi connectivity index (χ1v) is 7.24. The molecule has 0 saturated carbocycles. The van der Waals surface area contributed by atoms with Gasteiger partial charge in [-0.3, -0.25) is 4.79 Å². The number of ether oxygens (including phenoxy) is 2. The third-order valence-electron chi connectivity index (χ3n) is 3.23. The molecule has 1 heterocycles. The fourth-order valence-corrected chi connectivity index (χ4v) is 2.45. The van der Waals surface area contributed by atoms with Crippen molar-refractivity contribution in [3.05, 3.63) is 28.2 Å². The van der Waals surface area contributed by atoms with Crippen LogP contribution in [0.1, 0.15) is 12.5 Å². The van der Waals surface area contributed by atoms with Gasteiger partial charge in [0.25, 0.3) is 0 Å². The van der Waals surface area contributed by atoms with Crippen molar-refractivity contribution >= 4 is 27.5 Å². The number of carbonyl (C=O) groups excluding carboxylic acids is 1. The first-order valence-electron chi connectivity index (χ1n) is 6.45. The Morgan fingerprint density at radius 3 is 2.85 bits per heavy atom. The lowest BCUT2D eigenvalue weighted by atomic mass is 10.0. The fraction of sp³-hybridized carbons (Fsp3) is 0.500. The minimum Gasteiger partial charge on any atom is -0.380 e. The first kappa shape index (κ1) is 15.4. The van der Waals surface area contributed by atoms with Crippen LogP contribution >= 0.6 is 15.9 Å². The summed E-state index contributed by atoms with van der Waals surface area (Å²) in [6, 6.07) is 5.64. The van der Waals surface area contributed by atoms with Crippen LogP contribution in [0.3, 0.4) is 0 Å². The number of hydrogen-bond donors (Lipinski definition) is 2. The summed E-state index contributed by atoms with van der Waals surface area (Å²) in [7, 11) is 1.62. The lowest BCUT2D eigenvalue weighted by molar-refractivity contribution is -0.130. The van der Waals surface area contributed by atoms with Crippen LogP contribution in [-0.2, 0) is 20.9 Å².